The molecule has 0 spiro atoms. The van der Waals surface area contributed by atoms with E-state index in [0.717, 1.165) is 28.2 Å². The summed E-state index contributed by atoms with van der Waals surface area (Å²) in [6.45, 7) is 3.87. The highest BCUT2D eigenvalue weighted by atomic mass is 32.2. The monoisotopic (exact) mass is 824 g/mol. The summed E-state index contributed by atoms with van der Waals surface area (Å²) in [4.78, 5) is 42.5. The van der Waals surface area contributed by atoms with E-state index in [4.69, 9.17) is 18.9 Å². The van der Waals surface area contributed by atoms with E-state index in [1.54, 1.807) is 96.3 Å². The SMILES string of the molecule is CCSC(CC(OC(=O)c1ccccc1)C(OC(=O)c1ccccc1)C(COC(c1ccccc1)(c1ccccc1)c1ccccc1)OC(=O)c1ccccc1)SCC. The van der Waals surface area contributed by atoms with E-state index in [0.29, 0.717) is 11.1 Å². The van der Waals surface area contributed by atoms with E-state index in [2.05, 4.69) is 13.8 Å². The molecule has 0 heterocycles. The number of hydrogen-bond acceptors (Lipinski definition) is 9. The van der Waals surface area contributed by atoms with Crippen LogP contribution in [0.3, 0.4) is 0 Å². The molecule has 6 aromatic rings. The average molecular weight is 825 g/mol. The lowest BCUT2D eigenvalue weighted by Crippen LogP contribution is -2.50. The quantitative estimate of drug-likeness (QED) is 0.0323. The maximum absolute atomic E-state index is 14.2. The summed E-state index contributed by atoms with van der Waals surface area (Å²) < 4.78 is 26.6. The molecule has 0 N–H and O–H groups in total. The molecule has 7 nitrogen and oxygen atoms in total. The molecule has 0 saturated heterocycles. The van der Waals surface area contributed by atoms with Gasteiger partial charge in [0.2, 0.25) is 0 Å². The minimum Gasteiger partial charge on any atom is -0.455 e. The van der Waals surface area contributed by atoms with Crippen molar-refractivity contribution in [2.45, 2.75) is 48.8 Å². The molecule has 0 aromatic heterocycles. The molecule has 6 rings (SSSR count). The molecule has 0 amide bonds. The van der Waals surface area contributed by atoms with Crippen molar-refractivity contribution in [3.63, 3.8) is 0 Å². The van der Waals surface area contributed by atoms with Crippen molar-refractivity contribution < 1.29 is 33.3 Å². The highest BCUT2D eigenvalue weighted by Crippen LogP contribution is 2.41. The van der Waals surface area contributed by atoms with Crippen LogP contribution in [0.1, 0.15) is 68.0 Å². The van der Waals surface area contributed by atoms with Gasteiger partial charge in [-0.2, -0.15) is 0 Å². The zero-order valence-electron chi connectivity index (χ0n) is 33.1. The van der Waals surface area contributed by atoms with Gasteiger partial charge in [0.1, 0.15) is 11.7 Å². The average Bonchev–Trinajstić information content (AvgIpc) is 3.30. The number of ether oxygens (including phenoxy) is 4. The third kappa shape index (κ3) is 11.3. The molecule has 59 heavy (non-hydrogen) atoms. The van der Waals surface area contributed by atoms with E-state index < -0.39 is 41.8 Å². The second-order valence-electron chi connectivity index (χ2n) is 13.5. The zero-order chi connectivity index (χ0) is 41.3. The predicted molar refractivity (Wildman–Crippen MR) is 237 cm³/mol. The summed E-state index contributed by atoms with van der Waals surface area (Å²) in [6.07, 6.45) is -3.39. The molecule has 0 fully saturated rings. The van der Waals surface area contributed by atoms with Gasteiger partial charge in [0, 0.05) is 6.42 Å². The van der Waals surface area contributed by atoms with Crippen molar-refractivity contribution in [3.8, 4) is 0 Å². The lowest BCUT2D eigenvalue weighted by molar-refractivity contribution is -0.123. The smallest absolute Gasteiger partial charge is 0.338 e. The van der Waals surface area contributed by atoms with Crippen molar-refractivity contribution in [2.75, 3.05) is 18.1 Å². The van der Waals surface area contributed by atoms with E-state index >= 15 is 0 Å². The standard InChI is InChI=1S/C50H48O7S2/c1-3-58-45(59-4-2)35-43(55-47(51)37-23-11-5-12-24-37)46(57-49(53)39-27-15-7-16-28-39)44(56-48(52)38-25-13-6-14-26-38)36-54-50(40-29-17-8-18-30-40,41-31-19-9-20-32-41)42-33-21-10-22-34-42/h5-34,43-46H,3-4,35-36H2,1-2H3. The highest BCUT2D eigenvalue weighted by Gasteiger charge is 2.44. The highest BCUT2D eigenvalue weighted by molar-refractivity contribution is 8.16. The van der Waals surface area contributed by atoms with Crippen LogP contribution in [0, 0.1) is 0 Å². The molecule has 3 unspecified atom stereocenters. The van der Waals surface area contributed by atoms with Crippen LogP contribution >= 0.6 is 23.5 Å². The van der Waals surface area contributed by atoms with Gasteiger partial charge in [-0.1, -0.05) is 159 Å². The van der Waals surface area contributed by atoms with Crippen LogP contribution in [0.25, 0.3) is 0 Å². The molecule has 302 valence electrons. The first kappa shape index (κ1) is 43.0. The maximum atomic E-state index is 14.2. The summed E-state index contributed by atoms with van der Waals surface area (Å²) in [6, 6.07) is 55.4. The number of carbonyl (C=O) groups excluding carboxylic acids is 3. The molecule has 6 aromatic carbocycles. The molecule has 0 aliphatic rings. The molecular weight excluding hydrogens is 777 g/mol. The normalized spacial score (nSPS) is 12.9. The third-order valence-corrected chi connectivity index (χ3v) is 12.3. The fraction of sp³-hybridized carbons (Fsp3) is 0.220. The summed E-state index contributed by atoms with van der Waals surface area (Å²) in [5.74, 6) is -0.316. The minimum atomic E-state index is -1.32. The van der Waals surface area contributed by atoms with Crippen LogP contribution in [0.2, 0.25) is 0 Å². The number of esters is 3. The Bertz CT molecular complexity index is 2070. The fourth-order valence-corrected chi connectivity index (χ4v) is 9.48. The third-order valence-electron chi connectivity index (χ3n) is 9.66. The fourth-order valence-electron chi connectivity index (χ4n) is 6.88. The first-order chi connectivity index (χ1) is 28.9. The summed E-state index contributed by atoms with van der Waals surface area (Å²) in [5, 5.41) is 0. The van der Waals surface area contributed by atoms with Crippen LogP contribution < -0.4 is 0 Å². The molecule has 0 saturated carbocycles. The topological polar surface area (TPSA) is 88.1 Å². The Balaban J connectivity index is 1.52. The Morgan fingerprint density at radius 2 is 0.780 bits per heavy atom. The van der Waals surface area contributed by atoms with E-state index in [9.17, 15) is 14.4 Å². The van der Waals surface area contributed by atoms with Crippen LogP contribution in [0.5, 0.6) is 0 Å². The van der Waals surface area contributed by atoms with E-state index in [-0.39, 0.29) is 23.2 Å². The second-order valence-corrected chi connectivity index (χ2v) is 16.8. The van der Waals surface area contributed by atoms with E-state index in [1.807, 2.05) is 109 Å². The largest absolute Gasteiger partial charge is 0.455 e. The molecule has 3 atom stereocenters. The van der Waals surface area contributed by atoms with Gasteiger partial charge in [0.15, 0.2) is 12.2 Å². The Hall–Kier alpha value is -5.61. The van der Waals surface area contributed by atoms with E-state index in [1.165, 1.54) is 0 Å². The van der Waals surface area contributed by atoms with Crippen molar-refractivity contribution >= 4 is 41.4 Å². The van der Waals surface area contributed by atoms with Crippen LogP contribution in [0.4, 0.5) is 0 Å². The molecule has 0 aliphatic heterocycles. The first-order valence-corrected chi connectivity index (χ1v) is 21.8. The summed E-state index contributed by atoms with van der Waals surface area (Å²) in [7, 11) is 0. The number of thioether (sulfide) groups is 2. The number of carbonyl (C=O) groups is 3. The van der Waals surface area contributed by atoms with Gasteiger partial charge in [-0.25, -0.2) is 14.4 Å². The van der Waals surface area contributed by atoms with Crippen molar-refractivity contribution in [2.24, 2.45) is 0 Å². The van der Waals surface area contributed by atoms with Crippen molar-refractivity contribution in [3.05, 3.63) is 215 Å². The van der Waals surface area contributed by atoms with Crippen molar-refractivity contribution in [1.82, 2.24) is 0 Å². The van der Waals surface area contributed by atoms with Gasteiger partial charge < -0.3 is 18.9 Å². The van der Waals surface area contributed by atoms with Gasteiger partial charge in [0.05, 0.1) is 27.9 Å². The van der Waals surface area contributed by atoms with Gasteiger partial charge >= 0.3 is 17.9 Å². The van der Waals surface area contributed by atoms with Gasteiger partial charge in [-0.15, -0.1) is 23.5 Å². The van der Waals surface area contributed by atoms with Crippen LogP contribution in [0.15, 0.2) is 182 Å². The Kier molecular flexibility index (Phi) is 16.0. The Morgan fingerprint density at radius 1 is 0.458 bits per heavy atom. The Morgan fingerprint density at radius 3 is 1.14 bits per heavy atom. The van der Waals surface area contributed by atoms with Crippen LogP contribution in [-0.2, 0) is 24.5 Å². The first-order valence-electron chi connectivity index (χ1n) is 19.7. The molecule has 0 aliphatic carbocycles. The van der Waals surface area contributed by atoms with Gasteiger partial charge in [-0.05, 0) is 64.6 Å². The predicted octanol–water partition coefficient (Wildman–Crippen LogP) is 10.9. The van der Waals surface area contributed by atoms with Crippen LogP contribution in [-0.4, -0.2) is 58.9 Å². The summed E-state index contributed by atoms with van der Waals surface area (Å²) in [5.41, 5.74) is 2.18. The molecular formula is C50H48O7S2. The van der Waals surface area contributed by atoms with Gasteiger partial charge in [0.25, 0.3) is 0 Å². The Labute approximate surface area is 355 Å². The maximum Gasteiger partial charge on any atom is 0.338 e. The van der Waals surface area contributed by atoms with Gasteiger partial charge in [-0.3, -0.25) is 0 Å². The zero-order valence-corrected chi connectivity index (χ0v) is 34.8. The number of benzene rings is 6. The molecule has 0 radical (unpaired) electrons. The number of hydrogen-bond donors (Lipinski definition) is 0. The lowest BCUT2D eigenvalue weighted by Gasteiger charge is -2.39. The van der Waals surface area contributed by atoms with Crippen molar-refractivity contribution in [1.29, 1.82) is 0 Å². The molecule has 9 heteroatoms. The minimum absolute atomic E-state index is 0.0556. The molecule has 0 bridgehead atoms. The number of rotatable bonds is 20. The summed E-state index contributed by atoms with van der Waals surface area (Å²) >= 11 is 3.42. The second kappa shape index (κ2) is 22.0. The lowest BCUT2D eigenvalue weighted by atomic mass is 9.80.